The SMILES string of the molecule is CC(=O)NCC12CCC=C1N(C)C(=O)CC2. The van der Waals surface area contributed by atoms with E-state index in [0.717, 1.165) is 25.0 Å². The zero-order chi connectivity index (χ0) is 11.8. The number of hydrogen-bond donors (Lipinski definition) is 1. The second kappa shape index (κ2) is 3.92. The molecule has 1 N–H and O–H groups in total. The maximum atomic E-state index is 11.6. The van der Waals surface area contributed by atoms with Crippen molar-refractivity contribution in [2.45, 2.75) is 32.6 Å². The third-order valence-corrected chi connectivity index (χ3v) is 3.73. The van der Waals surface area contributed by atoms with Crippen LogP contribution in [0.2, 0.25) is 0 Å². The lowest BCUT2D eigenvalue weighted by Gasteiger charge is -2.41. The van der Waals surface area contributed by atoms with Crippen LogP contribution in [0.25, 0.3) is 0 Å². The molecule has 1 atom stereocenters. The van der Waals surface area contributed by atoms with Crippen molar-refractivity contribution in [3.8, 4) is 0 Å². The van der Waals surface area contributed by atoms with Crippen molar-refractivity contribution >= 4 is 11.8 Å². The fourth-order valence-corrected chi connectivity index (χ4v) is 2.78. The molecule has 0 bridgehead atoms. The Balaban J connectivity index is 2.17. The molecule has 1 aliphatic heterocycles. The molecule has 2 aliphatic rings. The van der Waals surface area contributed by atoms with E-state index in [0.29, 0.717) is 13.0 Å². The largest absolute Gasteiger partial charge is 0.355 e. The van der Waals surface area contributed by atoms with Gasteiger partial charge in [-0.25, -0.2) is 0 Å². The van der Waals surface area contributed by atoms with Gasteiger partial charge in [0.25, 0.3) is 0 Å². The topological polar surface area (TPSA) is 49.4 Å². The van der Waals surface area contributed by atoms with Crippen molar-refractivity contribution in [2.75, 3.05) is 13.6 Å². The first-order chi connectivity index (χ1) is 7.55. The van der Waals surface area contributed by atoms with Gasteiger partial charge in [0.1, 0.15) is 0 Å². The molecule has 1 unspecified atom stereocenters. The van der Waals surface area contributed by atoms with Gasteiger partial charge in [-0.1, -0.05) is 6.08 Å². The highest BCUT2D eigenvalue weighted by Crippen LogP contribution is 2.46. The fourth-order valence-electron chi connectivity index (χ4n) is 2.78. The highest BCUT2D eigenvalue weighted by molar-refractivity contribution is 5.80. The maximum Gasteiger partial charge on any atom is 0.226 e. The highest BCUT2D eigenvalue weighted by Gasteiger charge is 2.44. The summed E-state index contributed by atoms with van der Waals surface area (Å²) in [6.07, 6.45) is 5.64. The Hall–Kier alpha value is -1.32. The number of amides is 2. The standard InChI is InChI=1S/C12H18N2O2/c1-9(15)13-8-12-6-3-4-10(12)14(2)11(16)5-7-12/h4H,3,5-8H2,1-2H3,(H,13,15). The van der Waals surface area contributed by atoms with Crippen LogP contribution in [0.15, 0.2) is 11.8 Å². The summed E-state index contributed by atoms with van der Waals surface area (Å²) in [6, 6.07) is 0. The molecule has 1 saturated heterocycles. The van der Waals surface area contributed by atoms with Crippen LogP contribution in [-0.2, 0) is 9.59 Å². The van der Waals surface area contributed by atoms with Crippen LogP contribution in [0.5, 0.6) is 0 Å². The smallest absolute Gasteiger partial charge is 0.226 e. The van der Waals surface area contributed by atoms with Crippen LogP contribution in [0.4, 0.5) is 0 Å². The van der Waals surface area contributed by atoms with Crippen LogP contribution in [0, 0.1) is 5.41 Å². The van der Waals surface area contributed by atoms with Gasteiger partial charge in [-0.2, -0.15) is 0 Å². The van der Waals surface area contributed by atoms with Gasteiger partial charge in [-0.15, -0.1) is 0 Å². The predicted molar refractivity (Wildman–Crippen MR) is 60.4 cm³/mol. The zero-order valence-corrected chi connectivity index (χ0v) is 9.88. The summed E-state index contributed by atoms with van der Waals surface area (Å²) in [4.78, 5) is 24.4. The summed E-state index contributed by atoms with van der Waals surface area (Å²) in [7, 11) is 1.83. The van der Waals surface area contributed by atoms with Gasteiger partial charge in [0, 0.05) is 38.0 Å². The van der Waals surface area contributed by atoms with E-state index in [1.165, 1.54) is 6.92 Å². The Morgan fingerprint density at radius 1 is 1.56 bits per heavy atom. The third kappa shape index (κ3) is 1.72. The van der Waals surface area contributed by atoms with Gasteiger partial charge in [0.15, 0.2) is 0 Å². The number of hydrogen-bond acceptors (Lipinski definition) is 2. The van der Waals surface area contributed by atoms with E-state index in [2.05, 4.69) is 11.4 Å². The van der Waals surface area contributed by atoms with E-state index in [1.54, 1.807) is 4.90 Å². The molecular weight excluding hydrogens is 204 g/mol. The molecule has 4 nitrogen and oxygen atoms in total. The molecule has 0 aromatic carbocycles. The summed E-state index contributed by atoms with van der Waals surface area (Å²) in [5, 5.41) is 2.90. The lowest BCUT2D eigenvalue weighted by molar-refractivity contribution is -0.132. The Labute approximate surface area is 95.7 Å². The van der Waals surface area contributed by atoms with E-state index < -0.39 is 0 Å². The molecule has 0 saturated carbocycles. The second-order valence-electron chi connectivity index (χ2n) is 4.77. The molecule has 0 spiro atoms. The van der Waals surface area contributed by atoms with Gasteiger partial charge in [0.05, 0.1) is 0 Å². The predicted octanol–water partition coefficient (Wildman–Crippen LogP) is 1.04. The molecule has 0 radical (unpaired) electrons. The summed E-state index contributed by atoms with van der Waals surface area (Å²) in [5.74, 6) is 0.187. The summed E-state index contributed by atoms with van der Waals surface area (Å²) < 4.78 is 0. The van der Waals surface area contributed by atoms with E-state index in [9.17, 15) is 9.59 Å². The second-order valence-corrected chi connectivity index (χ2v) is 4.77. The number of piperidine rings is 1. The van der Waals surface area contributed by atoms with Crippen LogP contribution >= 0.6 is 0 Å². The van der Waals surface area contributed by atoms with Crippen LogP contribution < -0.4 is 5.32 Å². The molecule has 0 aromatic rings. The Morgan fingerprint density at radius 2 is 2.31 bits per heavy atom. The van der Waals surface area contributed by atoms with Crippen molar-refractivity contribution in [1.82, 2.24) is 10.2 Å². The van der Waals surface area contributed by atoms with Crippen molar-refractivity contribution in [3.05, 3.63) is 11.8 Å². The molecule has 4 heteroatoms. The summed E-state index contributed by atoms with van der Waals surface area (Å²) in [6.45, 7) is 2.19. The number of nitrogens with one attached hydrogen (secondary N) is 1. The lowest BCUT2D eigenvalue weighted by Crippen LogP contribution is -2.46. The molecule has 1 fully saturated rings. The van der Waals surface area contributed by atoms with Crippen LogP contribution in [0.3, 0.4) is 0 Å². The quantitative estimate of drug-likeness (QED) is 0.759. The first-order valence-corrected chi connectivity index (χ1v) is 5.77. The minimum absolute atomic E-state index is 0.000165. The van der Waals surface area contributed by atoms with Gasteiger partial charge in [-0.3, -0.25) is 9.59 Å². The number of rotatable bonds is 2. The molecule has 0 aromatic heterocycles. The molecule has 88 valence electrons. The first-order valence-electron chi connectivity index (χ1n) is 5.77. The Morgan fingerprint density at radius 3 is 3.00 bits per heavy atom. The van der Waals surface area contributed by atoms with Crippen molar-refractivity contribution in [3.63, 3.8) is 0 Å². The van der Waals surface area contributed by atoms with E-state index in [-0.39, 0.29) is 17.2 Å². The number of carbonyl (C=O) groups excluding carboxylic acids is 2. The normalized spacial score (nSPS) is 28.8. The molecular formula is C12H18N2O2. The van der Waals surface area contributed by atoms with E-state index in [4.69, 9.17) is 0 Å². The van der Waals surface area contributed by atoms with Crippen LogP contribution in [-0.4, -0.2) is 30.3 Å². The minimum Gasteiger partial charge on any atom is -0.355 e. The van der Waals surface area contributed by atoms with Crippen molar-refractivity contribution < 1.29 is 9.59 Å². The number of carbonyl (C=O) groups is 2. The average molecular weight is 222 g/mol. The molecule has 2 rings (SSSR count). The molecule has 1 heterocycles. The van der Waals surface area contributed by atoms with Gasteiger partial charge >= 0.3 is 0 Å². The van der Waals surface area contributed by atoms with Gasteiger partial charge in [0.2, 0.25) is 11.8 Å². The minimum atomic E-state index is 0.000165. The van der Waals surface area contributed by atoms with E-state index >= 15 is 0 Å². The number of fused-ring (bicyclic) bond motifs is 1. The van der Waals surface area contributed by atoms with Gasteiger partial charge < -0.3 is 10.2 Å². The van der Waals surface area contributed by atoms with Crippen molar-refractivity contribution in [1.29, 1.82) is 0 Å². The first kappa shape index (κ1) is 11.2. The van der Waals surface area contributed by atoms with E-state index in [1.807, 2.05) is 7.05 Å². The third-order valence-electron chi connectivity index (χ3n) is 3.73. The molecule has 16 heavy (non-hydrogen) atoms. The van der Waals surface area contributed by atoms with Crippen molar-refractivity contribution in [2.24, 2.45) is 5.41 Å². The van der Waals surface area contributed by atoms with Crippen LogP contribution in [0.1, 0.15) is 32.6 Å². The maximum absolute atomic E-state index is 11.6. The zero-order valence-electron chi connectivity index (χ0n) is 9.88. The number of allylic oxidation sites excluding steroid dienone is 1. The number of nitrogens with zero attached hydrogens (tertiary/aromatic N) is 1. The summed E-state index contributed by atoms with van der Waals surface area (Å²) >= 11 is 0. The Bertz CT molecular complexity index is 362. The average Bonchev–Trinajstić information content (AvgIpc) is 2.66. The number of likely N-dealkylation sites (tertiary alicyclic amines) is 1. The monoisotopic (exact) mass is 222 g/mol. The Kier molecular flexibility index (Phi) is 2.74. The van der Waals surface area contributed by atoms with Gasteiger partial charge in [-0.05, 0) is 19.3 Å². The lowest BCUT2D eigenvalue weighted by atomic mass is 9.77. The summed E-state index contributed by atoms with van der Waals surface area (Å²) in [5.41, 5.74) is 1.12. The molecule has 1 aliphatic carbocycles. The molecule has 2 amide bonds. The fraction of sp³-hybridized carbons (Fsp3) is 0.667. The highest BCUT2D eigenvalue weighted by atomic mass is 16.2.